The molecule has 1 fully saturated rings. The van der Waals surface area contributed by atoms with Gasteiger partial charge in [-0.1, -0.05) is 0 Å². The first kappa shape index (κ1) is 11.5. The van der Waals surface area contributed by atoms with Crippen molar-refractivity contribution >= 4 is 5.91 Å². The molecule has 1 saturated heterocycles. The van der Waals surface area contributed by atoms with Crippen LogP contribution in [0.2, 0.25) is 0 Å². The van der Waals surface area contributed by atoms with Crippen LogP contribution in [-0.4, -0.2) is 49.7 Å². The fourth-order valence-corrected chi connectivity index (χ4v) is 1.52. The lowest BCUT2D eigenvalue weighted by atomic mass is 10.1. The van der Waals surface area contributed by atoms with Crippen LogP contribution in [0.5, 0.6) is 0 Å². The number of nitrogens with zero attached hydrogens (tertiary/aromatic N) is 1. The lowest BCUT2D eigenvalue weighted by Gasteiger charge is -2.29. The molecule has 0 aromatic carbocycles. The minimum Gasteiger partial charge on any atom is -0.369 e. The molecule has 1 rings (SSSR count). The summed E-state index contributed by atoms with van der Waals surface area (Å²) in [7, 11) is 1.58. The van der Waals surface area contributed by atoms with E-state index < -0.39 is 5.60 Å². The number of amides is 1. The molecule has 0 aliphatic carbocycles. The summed E-state index contributed by atoms with van der Waals surface area (Å²) in [5.41, 5.74) is -0.690. The molecule has 0 radical (unpaired) electrons. The molecule has 0 unspecified atom stereocenters. The van der Waals surface area contributed by atoms with Crippen LogP contribution in [0.3, 0.4) is 0 Å². The topological polar surface area (TPSA) is 41.6 Å². The quantitative estimate of drug-likeness (QED) is 0.694. The molecule has 0 bridgehead atoms. The average Bonchev–Trinajstić information content (AvgIpc) is 2.44. The van der Waals surface area contributed by atoms with Gasteiger partial charge in [0.25, 0.3) is 5.91 Å². The van der Waals surface area contributed by atoms with Crippen molar-refractivity contribution in [1.82, 2.24) is 10.2 Å². The Kier molecular flexibility index (Phi) is 3.89. The highest BCUT2D eigenvalue weighted by molar-refractivity contribution is 5.84. The van der Waals surface area contributed by atoms with E-state index in [1.807, 2.05) is 18.7 Å². The Morgan fingerprint density at radius 1 is 1.36 bits per heavy atom. The third-order valence-electron chi connectivity index (χ3n) is 2.65. The number of carbonyl (C=O) groups excluding carboxylic acids is 1. The highest BCUT2D eigenvalue weighted by atomic mass is 16.5. The molecule has 1 heterocycles. The van der Waals surface area contributed by atoms with Crippen LogP contribution in [0.15, 0.2) is 0 Å². The Morgan fingerprint density at radius 2 is 2.07 bits per heavy atom. The van der Waals surface area contributed by atoms with E-state index in [9.17, 15) is 4.79 Å². The highest BCUT2D eigenvalue weighted by Crippen LogP contribution is 2.12. The Labute approximate surface area is 85.6 Å². The maximum atomic E-state index is 12.0. The van der Waals surface area contributed by atoms with Gasteiger partial charge in [-0.3, -0.25) is 4.79 Å². The zero-order valence-electron chi connectivity index (χ0n) is 9.30. The second-order valence-electron chi connectivity index (χ2n) is 4.11. The van der Waals surface area contributed by atoms with Crippen molar-refractivity contribution < 1.29 is 9.53 Å². The Bertz CT molecular complexity index is 196. The van der Waals surface area contributed by atoms with Crippen molar-refractivity contribution in [2.24, 2.45) is 0 Å². The fourth-order valence-electron chi connectivity index (χ4n) is 1.52. The van der Waals surface area contributed by atoms with E-state index in [-0.39, 0.29) is 5.91 Å². The van der Waals surface area contributed by atoms with Crippen LogP contribution < -0.4 is 5.32 Å². The van der Waals surface area contributed by atoms with Gasteiger partial charge >= 0.3 is 0 Å². The van der Waals surface area contributed by atoms with Crippen molar-refractivity contribution in [2.45, 2.75) is 25.9 Å². The van der Waals surface area contributed by atoms with Crippen LogP contribution >= 0.6 is 0 Å². The van der Waals surface area contributed by atoms with Crippen LogP contribution in [0, 0.1) is 0 Å². The summed E-state index contributed by atoms with van der Waals surface area (Å²) in [6, 6.07) is 0. The van der Waals surface area contributed by atoms with Gasteiger partial charge in [0, 0.05) is 26.7 Å². The molecule has 4 nitrogen and oxygen atoms in total. The van der Waals surface area contributed by atoms with Gasteiger partial charge in [0.1, 0.15) is 5.60 Å². The maximum Gasteiger partial charge on any atom is 0.254 e. The number of rotatable bonds is 2. The van der Waals surface area contributed by atoms with Crippen LogP contribution in [0.4, 0.5) is 0 Å². The SMILES string of the molecule is COC(C)(C)C(=O)N1CCCNCC1. The summed E-state index contributed by atoms with van der Waals surface area (Å²) < 4.78 is 5.18. The van der Waals surface area contributed by atoms with Crippen molar-refractivity contribution in [2.75, 3.05) is 33.3 Å². The molecule has 1 aliphatic heterocycles. The van der Waals surface area contributed by atoms with E-state index in [1.165, 1.54) is 0 Å². The van der Waals surface area contributed by atoms with E-state index in [4.69, 9.17) is 4.74 Å². The first-order valence-electron chi connectivity index (χ1n) is 5.13. The van der Waals surface area contributed by atoms with Crippen LogP contribution in [0.25, 0.3) is 0 Å². The first-order chi connectivity index (χ1) is 6.58. The number of ether oxygens (including phenoxy) is 1. The number of carbonyl (C=O) groups is 1. The third kappa shape index (κ3) is 2.69. The summed E-state index contributed by atoms with van der Waals surface area (Å²) >= 11 is 0. The van der Waals surface area contributed by atoms with Gasteiger partial charge in [0.05, 0.1) is 0 Å². The largest absolute Gasteiger partial charge is 0.369 e. The zero-order chi connectivity index (χ0) is 10.6. The maximum absolute atomic E-state index is 12.0. The van der Waals surface area contributed by atoms with E-state index in [0.717, 1.165) is 32.6 Å². The third-order valence-corrected chi connectivity index (χ3v) is 2.65. The summed E-state index contributed by atoms with van der Waals surface area (Å²) in [6.45, 7) is 7.12. The molecule has 0 spiro atoms. The molecule has 4 heteroatoms. The number of methoxy groups -OCH3 is 1. The number of nitrogens with one attached hydrogen (secondary N) is 1. The average molecular weight is 200 g/mol. The second kappa shape index (κ2) is 4.75. The standard InChI is InChI=1S/C10H20N2O2/c1-10(2,14-3)9(13)12-7-4-5-11-6-8-12/h11H,4-8H2,1-3H3. The summed E-state index contributed by atoms with van der Waals surface area (Å²) in [5, 5.41) is 3.27. The minimum absolute atomic E-state index is 0.0868. The van der Waals surface area contributed by atoms with Gasteiger partial charge in [0.2, 0.25) is 0 Å². The highest BCUT2D eigenvalue weighted by Gasteiger charge is 2.31. The van der Waals surface area contributed by atoms with E-state index in [0.29, 0.717) is 0 Å². The van der Waals surface area contributed by atoms with Crippen molar-refractivity contribution in [3.63, 3.8) is 0 Å². The van der Waals surface area contributed by atoms with Gasteiger partial charge in [0.15, 0.2) is 0 Å². The van der Waals surface area contributed by atoms with Gasteiger partial charge < -0.3 is 15.0 Å². The Hall–Kier alpha value is -0.610. The van der Waals surface area contributed by atoms with Crippen molar-refractivity contribution in [3.05, 3.63) is 0 Å². The summed E-state index contributed by atoms with van der Waals surface area (Å²) in [5.74, 6) is 0.0868. The molecule has 82 valence electrons. The second-order valence-corrected chi connectivity index (χ2v) is 4.11. The molecule has 1 N–H and O–H groups in total. The molecule has 0 atom stereocenters. The molecule has 0 aromatic heterocycles. The summed E-state index contributed by atoms with van der Waals surface area (Å²) in [4.78, 5) is 13.9. The normalized spacial score (nSPS) is 19.2. The number of hydrogen-bond acceptors (Lipinski definition) is 3. The fraction of sp³-hybridized carbons (Fsp3) is 0.900. The zero-order valence-corrected chi connectivity index (χ0v) is 9.30. The number of hydrogen-bond donors (Lipinski definition) is 1. The van der Waals surface area contributed by atoms with Gasteiger partial charge in [-0.05, 0) is 26.8 Å². The minimum atomic E-state index is -0.690. The van der Waals surface area contributed by atoms with E-state index in [2.05, 4.69) is 5.32 Å². The van der Waals surface area contributed by atoms with E-state index in [1.54, 1.807) is 7.11 Å². The van der Waals surface area contributed by atoms with Crippen molar-refractivity contribution in [1.29, 1.82) is 0 Å². The molecule has 1 amide bonds. The van der Waals surface area contributed by atoms with Gasteiger partial charge in [-0.25, -0.2) is 0 Å². The van der Waals surface area contributed by atoms with Crippen LogP contribution in [0.1, 0.15) is 20.3 Å². The molecule has 0 saturated carbocycles. The first-order valence-corrected chi connectivity index (χ1v) is 5.13. The molecule has 0 aromatic rings. The summed E-state index contributed by atoms with van der Waals surface area (Å²) in [6.07, 6.45) is 1.02. The molecule has 1 aliphatic rings. The lowest BCUT2D eigenvalue weighted by Crippen LogP contribution is -2.47. The lowest BCUT2D eigenvalue weighted by molar-refractivity contribution is -0.150. The molecule has 14 heavy (non-hydrogen) atoms. The van der Waals surface area contributed by atoms with Gasteiger partial charge in [-0.15, -0.1) is 0 Å². The predicted molar refractivity (Wildman–Crippen MR) is 55.2 cm³/mol. The monoisotopic (exact) mass is 200 g/mol. The Morgan fingerprint density at radius 3 is 2.71 bits per heavy atom. The molecular formula is C10H20N2O2. The Balaban J connectivity index is 2.58. The van der Waals surface area contributed by atoms with E-state index >= 15 is 0 Å². The van der Waals surface area contributed by atoms with Crippen LogP contribution in [-0.2, 0) is 9.53 Å². The smallest absolute Gasteiger partial charge is 0.254 e. The van der Waals surface area contributed by atoms with Gasteiger partial charge in [-0.2, -0.15) is 0 Å². The molecular weight excluding hydrogens is 180 g/mol. The predicted octanol–water partition coefficient (Wildman–Crippen LogP) is 0.233. The van der Waals surface area contributed by atoms with Crippen molar-refractivity contribution in [3.8, 4) is 0 Å².